The van der Waals surface area contributed by atoms with Gasteiger partial charge in [0.15, 0.2) is 0 Å². The molecule has 0 fully saturated rings. The van der Waals surface area contributed by atoms with E-state index >= 15 is 0 Å². The predicted molar refractivity (Wildman–Crippen MR) is 122 cm³/mol. The van der Waals surface area contributed by atoms with E-state index in [9.17, 15) is 9.59 Å². The van der Waals surface area contributed by atoms with Crippen molar-refractivity contribution in [3.05, 3.63) is 101 Å². The van der Waals surface area contributed by atoms with Gasteiger partial charge in [-0.1, -0.05) is 84.6 Å². The van der Waals surface area contributed by atoms with Crippen molar-refractivity contribution in [2.24, 2.45) is 0 Å². The summed E-state index contributed by atoms with van der Waals surface area (Å²) in [7, 11) is 0. The third kappa shape index (κ3) is 4.47. The minimum absolute atomic E-state index is 0.0281. The molecule has 3 aromatic carbocycles. The Morgan fingerprint density at radius 2 is 1.60 bits per heavy atom. The van der Waals surface area contributed by atoms with Crippen molar-refractivity contribution < 1.29 is 9.59 Å². The fourth-order valence-electron chi connectivity index (χ4n) is 3.38. The molecule has 0 spiro atoms. The van der Waals surface area contributed by atoms with Crippen LogP contribution in [0.5, 0.6) is 0 Å². The standard InChI is InChI=1S/C25H22N2O2S/c1-18(20-12-6-3-7-13-20)26-24(28)17-27-21-14-8-9-15-22(21)30-23(25(27)29)16-19-10-4-2-5-11-19/h2-16,18H,17H2,1H3,(H,26,28)/b23-16-/t18-/m0/s1. The van der Waals surface area contributed by atoms with Crippen molar-refractivity contribution in [1.82, 2.24) is 5.32 Å². The highest BCUT2D eigenvalue weighted by Gasteiger charge is 2.30. The van der Waals surface area contributed by atoms with Crippen LogP contribution in [0.2, 0.25) is 0 Å². The topological polar surface area (TPSA) is 49.4 Å². The first kappa shape index (κ1) is 20.0. The van der Waals surface area contributed by atoms with E-state index in [0.717, 1.165) is 21.7 Å². The molecule has 3 aromatic rings. The van der Waals surface area contributed by atoms with Crippen LogP contribution in [0.1, 0.15) is 24.1 Å². The number of thioether (sulfide) groups is 1. The molecule has 2 amide bonds. The Labute approximate surface area is 180 Å². The summed E-state index contributed by atoms with van der Waals surface area (Å²) in [6.07, 6.45) is 1.88. The zero-order valence-corrected chi connectivity index (χ0v) is 17.4. The lowest BCUT2D eigenvalue weighted by atomic mass is 10.1. The fourth-order valence-corrected chi connectivity index (χ4v) is 4.43. The van der Waals surface area contributed by atoms with Crippen LogP contribution in [0.25, 0.3) is 6.08 Å². The first-order valence-electron chi connectivity index (χ1n) is 9.81. The number of carbonyl (C=O) groups is 2. The van der Waals surface area contributed by atoms with Crippen molar-refractivity contribution in [1.29, 1.82) is 0 Å². The summed E-state index contributed by atoms with van der Waals surface area (Å²) in [5.41, 5.74) is 2.74. The number of carbonyl (C=O) groups excluding carboxylic acids is 2. The van der Waals surface area contributed by atoms with E-state index in [0.29, 0.717) is 4.91 Å². The molecule has 1 aliphatic rings. The average molecular weight is 415 g/mol. The zero-order valence-electron chi connectivity index (χ0n) is 16.6. The second-order valence-electron chi connectivity index (χ2n) is 7.08. The average Bonchev–Trinajstić information content (AvgIpc) is 2.78. The van der Waals surface area contributed by atoms with Gasteiger partial charge in [0.05, 0.1) is 16.6 Å². The summed E-state index contributed by atoms with van der Waals surface area (Å²) in [6, 6.07) is 27.1. The van der Waals surface area contributed by atoms with Crippen molar-refractivity contribution in [3.8, 4) is 0 Å². The van der Waals surface area contributed by atoms with E-state index < -0.39 is 0 Å². The lowest BCUT2D eigenvalue weighted by Crippen LogP contribution is -2.43. The molecular formula is C25H22N2O2S. The first-order chi connectivity index (χ1) is 14.6. The predicted octanol–water partition coefficient (Wildman–Crippen LogP) is 5.04. The Morgan fingerprint density at radius 1 is 0.967 bits per heavy atom. The molecular weight excluding hydrogens is 392 g/mol. The zero-order chi connectivity index (χ0) is 20.9. The third-order valence-electron chi connectivity index (χ3n) is 4.91. The van der Waals surface area contributed by atoms with Gasteiger partial charge in [-0.2, -0.15) is 0 Å². The summed E-state index contributed by atoms with van der Waals surface area (Å²) in [4.78, 5) is 29.1. The first-order valence-corrected chi connectivity index (χ1v) is 10.6. The van der Waals surface area contributed by atoms with Crippen LogP contribution in [0.4, 0.5) is 5.69 Å². The Bertz CT molecular complexity index is 1080. The molecule has 30 heavy (non-hydrogen) atoms. The van der Waals surface area contributed by atoms with Crippen molar-refractivity contribution >= 4 is 35.3 Å². The quantitative estimate of drug-likeness (QED) is 0.595. The van der Waals surface area contributed by atoms with Gasteiger partial charge in [0.1, 0.15) is 6.54 Å². The van der Waals surface area contributed by atoms with Gasteiger partial charge in [0, 0.05) is 4.90 Å². The lowest BCUT2D eigenvalue weighted by molar-refractivity contribution is -0.122. The smallest absolute Gasteiger partial charge is 0.265 e. The van der Waals surface area contributed by atoms with Crippen LogP contribution in [-0.2, 0) is 9.59 Å². The third-order valence-corrected chi connectivity index (χ3v) is 5.99. The molecule has 5 heteroatoms. The molecule has 0 saturated carbocycles. The van der Waals surface area contributed by atoms with Crippen LogP contribution in [-0.4, -0.2) is 18.4 Å². The van der Waals surface area contributed by atoms with Gasteiger partial charge < -0.3 is 5.32 Å². The number of rotatable bonds is 5. The van der Waals surface area contributed by atoms with Crippen molar-refractivity contribution in [2.75, 3.05) is 11.4 Å². The molecule has 1 N–H and O–H groups in total. The van der Waals surface area contributed by atoms with Gasteiger partial charge in [-0.05, 0) is 36.3 Å². The maximum absolute atomic E-state index is 13.2. The molecule has 0 saturated heterocycles. The van der Waals surface area contributed by atoms with Crippen LogP contribution in [0.3, 0.4) is 0 Å². The van der Waals surface area contributed by atoms with Gasteiger partial charge in [-0.3, -0.25) is 14.5 Å². The van der Waals surface area contributed by atoms with E-state index in [1.165, 1.54) is 11.8 Å². The lowest BCUT2D eigenvalue weighted by Gasteiger charge is -2.30. The number of fused-ring (bicyclic) bond motifs is 1. The molecule has 1 atom stereocenters. The highest BCUT2D eigenvalue weighted by molar-refractivity contribution is 8.04. The van der Waals surface area contributed by atoms with E-state index in [4.69, 9.17) is 0 Å². The van der Waals surface area contributed by atoms with Crippen LogP contribution >= 0.6 is 11.8 Å². The van der Waals surface area contributed by atoms with Crippen LogP contribution < -0.4 is 10.2 Å². The van der Waals surface area contributed by atoms with E-state index in [1.807, 2.05) is 97.9 Å². The second kappa shape index (κ2) is 9.01. The molecule has 1 heterocycles. The summed E-state index contributed by atoms with van der Waals surface area (Å²) in [6.45, 7) is 1.91. The molecule has 1 aliphatic heterocycles. The highest BCUT2D eigenvalue weighted by Crippen LogP contribution is 2.41. The Hall–Kier alpha value is -3.31. The van der Waals surface area contributed by atoms with Gasteiger partial charge >= 0.3 is 0 Å². The summed E-state index contributed by atoms with van der Waals surface area (Å²) in [5.74, 6) is -0.356. The number of hydrogen-bond donors (Lipinski definition) is 1. The normalized spacial score (nSPS) is 15.6. The molecule has 0 radical (unpaired) electrons. The Morgan fingerprint density at radius 3 is 2.33 bits per heavy atom. The number of para-hydroxylation sites is 1. The fraction of sp³-hybridized carbons (Fsp3) is 0.120. The van der Waals surface area contributed by atoms with Crippen molar-refractivity contribution in [3.63, 3.8) is 0 Å². The van der Waals surface area contributed by atoms with E-state index in [2.05, 4.69) is 5.32 Å². The molecule has 0 unspecified atom stereocenters. The maximum Gasteiger partial charge on any atom is 0.265 e. The van der Waals surface area contributed by atoms with E-state index in [1.54, 1.807) is 4.90 Å². The maximum atomic E-state index is 13.2. The number of benzene rings is 3. The molecule has 150 valence electrons. The molecule has 0 bridgehead atoms. The van der Waals surface area contributed by atoms with E-state index in [-0.39, 0.29) is 24.4 Å². The summed E-state index contributed by atoms with van der Waals surface area (Å²) in [5, 5.41) is 3.00. The van der Waals surface area contributed by atoms with Crippen molar-refractivity contribution in [2.45, 2.75) is 17.9 Å². The highest BCUT2D eigenvalue weighted by atomic mass is 32.2. The van der Waals surface area contributed by atoms with Gasteiger partial charge in [0.2, 0.25) is 5.91 Å². The number of nitrogens with zero attached hydrogens (tertiary/aromatic N) is 1. The van der Waals surface area contributed by atoms with Crippen LogP contribution in [0.15, 0.2) is 94.7 Å². The molecule has 4 rings (SSSR count). The number of hydrogen-bond acceptors (Lipinski definition) is 3. The molecule has 4 nitrogen and oxygen atoms in total. The number of nitrogens with one attached hydrogen (secondary N) is 1. The molecule has 0 aromatic heterocycles. The van der Waals surface area contributed by atoms with Gasteiger partial charge in [-0.25, -0.2) is 0 Å². The summed E-state index contributed by atoms with van der Waals surface area (Å²) < 4.78 is 0. The number of amides is 2. The monoisotopic (exact) mass is 414 g/mol. The van der Waals surface area contributed by atoms with Gasteiger partial charge in [-0.15, -0.1) is 0 Å². The Balaban J connectivity index is 1.57. The second-order valence-corrected chi connectivity index (χ2v) is 8.16. The Kier molecular flexibility index (Phi) is 6.00. The molecule has 0 aliphatic carbocycles. The van der Waals surface area contributed by atoms with Gasteiger partial charge in [0.25, 0.3) is 5.91 Å². The summed E-state index contributed by atoms with van der Waals surface area (Å²) >= 11 is 1.44. The SMILES string of the molecule is C[C@H](NC(=O)CN1C(=O)/C(=C/c2ccccc2)Sc2ccccc21)c1ccccc1. The minimum Gasteiger partial charge on any atom is -0.348 e. The largest absolute Gasteiger partial charge is 0.348 e. The minimum atomic E-state index is -0.194. The number of anilines is 1. The van der Waals surface area contributed by atoms with Crippen LogP contribution in [0, 0.1) is 0 Å².